The maximum absolute atomic E-state index is 2.42. The van der Waals surface area contributed by atoms with Crippen LogP contribution in [0.15, 0.2) is 212 Å². The molecule has 1 heteroatoms. The molecule has 248 valence electrons. The van der Waals surface area contributed by atoms with Crippen molar-refractivity contribution in [3.63, 3.8) is 0 Å². The van der Waals surface area contributed by atoms with Gasteiger partial charge in [0, 0.05) is 16.9 Å². The van der Waals surface area contributed by atoms with Gasteiger partial charge in [0.25, 0.3) is 0 Å². The molecule has 10 aromatic carbocycles. The lowest BCUT2D eigenvalue weighted by atomic mass is 9.93. The van der Waals surface area contributed by atoms with E-state index in [1.54, 1.807) is 0 Å². The molecule has 53 heavy (non-hydrogen) atoms. The summed E-state index contributed by atoms with van der Waals surface area (Å²) in [6, 6.07) is 77.3. The van der Waals surface area contributed by atoms with Gasteiger partial charge >= 0.3 is 0 Å². The molecule has 0 saturated heterocycles. The lowest BCUT2D eigenvalue weighted by molar-refractivity contribution is 1.28. The zero-order chi connectivity index (χ0) is 35.1. The van der Waals surface area contributed by atoms with Crippen LogP contribution >= 0.6 is 0 Å². The number of nitrogens with zero attached hydrogens (tertiary/aromatic N) is 1. The van der Waals surface area contributed by atoms with Crippen molar-refractivity contribution in [2.45, 2.75) is 0 Å². The van der Waals surface area contributed by atoms with Crippen molar-refractivity contribution in [2.24, 2.45) is 0 Å². The average Bonchev–Trinajstić information content (AvgIpc) is 3.24. The minimum atomic E-state index is 1.10. The maximum Gasteiger partial charge on any atom is 0.0540 e. The lowest BCUT2D eigenvalue weighted by Crippen LogP contribution is -2.11. The molecule has 0 atom stereocenters. The summed E-state index contributed by atoms with van der Waals surface area (Å²) in [5.41, 5.74) is 10.6. The van der Waals surface area contributed by atoms with Gasteiger partial charge < -0.3 is 4.90 Å². The number of anilines is 3. The minimum Gasteiger partial charge on any atom is -0.310 e. The van der Waals surface area contributed by atoms with Crippen molar-refractivity contribution in [1.29, 1.82) is 0 Å². The fraction of sp³-hybridized carbons (Fsp3) is 0. The molecule has 0 aliphatic heterocycles. The fourth-order valence-electron chi connectivity index (χ4n) is 8.07. The smallest absolute Gasteiger partial charge is 0.0540 e. The molecule has 0 amide bonds. The zero-order valence-electron chi connectivity index (χ0n) is 29.2. The summed E-state index contributed by atoms with van der Waals surface area (Å²) in [5, 5.41) is 10.0. The van der Waals surface area contributed by atoms with E-state index >= 15 is 0 Å². The number of hydrogen-bond donors (Lipinski definition) is 0. The van der Waals surface area contributed by atoms with Gasteiger partial charge in [-0.05, 0) is 113 Å². The van der Waals surface area contributed by atoms with E-state index in [1.807, 2.05) is 0 Å². The minimum absolute atomic E-state index is 1.10. The summed E-state index contributed by atoms with van der Waals surface area (Å²) < 4.78 is 0. The van der Waals surface area contributed by atoms with Crippen molar-refractivity contribution in [2.75, 3.05) is 4.90 Å². The number of benzene rings is 10. The van der Waals surface area contributed by atoms with Gasteiger partial charge in [-0.1, -0.05) is 170 Å². The Morgan fingerprint density at radius 1 is 0.245 bits per heavy atom. The van der Waals surface area contributed by atoms with Crippen LogP contribution in [0.4, 0.5) is 17.1 Å². The SMILES string of the molecule is c1cc(-c2cc3ccccc3c3ccccc23)cc(N(c2ccc(-c3cccc4ccccc34)cc2)c2ccccc2-c2ccc3ccccc3c2)c1. The summed E-state index contributed by atoms with van der Waals surface area (Å²) in [5.74, 6) is 0. The summed E-state index contributed by atoms with van der Waals surface area (Å²) in [4.78, 5) is 2.42. The molecule has 0 N–H and O–H groups in total. The topological polar surface area (TPSA) is 3.24 Å². The van der Waals surface area contributed by atoms with E-state index in [-0.39, 0.29) is 0 Å². The monoisotopic (exact) mass is 673 g/mol. The van der Waals surface area contributed by atoms with Crippen LogP contribution in [0.5, 0.6) is 0 Å². The number of para-hydroxylation sites is 1. The number of fused-ring (bicyclic) bond motifs is 5. The van der Waals surface area contributed by atoms with E-state index in [4.69, 9.17) is 0 Å². The molecule has 0 aromatic heterocycles. The van der Waals surface area contributed by atoms with E-state index in [0.29, 0.717) is 0 Å². The van der Waals surface area contributed by atoms with Crippen molar-refractivity contribution < 1.29 is 0 Å². The highest BCUT2D eigenvalue weighted by Crippen LogP contribution is 2.44. The Hall–Kier alpha value is -6.96. The highest BCUT2D eigenvalue weighted by Gasteiger charge is 2.19. The van der Waals surface area contributed by atoms with E-state index in [0.717, 1.165) is 17.1 Å². The number of hydrogen-bond acceptors (Lipinski definition) is 1. The van der Waals surface area contributed by atoms with Crippen molar-refractivity contribution in [3.8, 4) is 33.4 Å². The Morgan fingerprint density at radius 2 is 0.830 bits per heavy atom. The molecular weight excluding hydrogens is 639 g/mol. The molecular formula is C52H35N. The van der Waals surface area contributed by atoms with Crippen LogP contribution in [0.25, 0.3) is 76.5 Å². The molecule has 0 aliphatic rings. The predicted octanol–water partition coefficient (Wildman–Crippen LogP) is 14.8. The van der Waals surface area contributed by atoms with Gasteiger partial charge in [-0.3, -0.25) is 0 Å². The molecule has 0 radical (unpaired) electrons. The first-order valence-electron chi connectivity index (χ1n) is 18.3. The summed E-state index contributed by atoms with van der Waals surface area (Å²) in [7, 11) is 0. The molecule has 0 heterocycles. The Bertz CT molecular complexity index is 2950. The van der Waals surface area contributed by atoms with Crippen molar-refractivity contribution in [3.05, 3.63) is 212 Å². The molecule has 0 fully saturated rings. The molecule has 0 aliphatic carbocycles. The second-order valence-corrected chi connectivity index (χ2v) is 13.7. The van der Waals surface area contributed by atoms with E-state index in [2.05, 4.69) is 217 Å². The van der Waals surface area contributed by atoms with Crippen LogP contribution in [-0.4, -0.2) is 0 Å². The van der Waals surface area contributed by atoms with Gasteiger partial charge in [-0.25, -0.2) is 0 Å². The Balaban J connectivity index is 1.16. The predicted molar refractivity (Wildman–Crippen MR) is 227 cm³/mol. The summed E-state index contributed by atoms with van der Waals surface area (Å²) in [6.45, 7) is 0. The van der Waals surface area contributed by atoms with Crippen molar-refractivity contribution >= 4 is 60.2 Å². The fourth-order valence-corrected chi connectivity index (χ4v) is 8.07. The molecule has 0 saturated carbocycles. The largest absolute Gasteiger partial charge is 0.310 e. The Labute approximate surface area is 309 Å². The van der Waals surface area contributed by atoms with E-state index in [1.165, 1.54) is 76.5 Å². The molecule has 10 rings (SSSR count). The molecule has 0 bridgehead atoms. The summed E-state index contributed by atoms with van der Waals surface area (Å²) >= 11 is 0. The van der Waals surface area contributed by atoms with Crippen LogP contribution < -0.4 is 4.90 Å². The van der Waals surface area contributed by atoms with Gasteiger partial charge in [0.05, 0.1) is 5.69 Å². The van der Waals surface area contributed by atoms with E-state index in [9.17, 15) is 0 Å². The quantitative estimate of drug-likeness (QED) is 0.159. The van der Waals surface area contributed by atoms with Crippen LogP contribution in [0.3, 0.4) is 0 Å². The Morgan fingerprint density at radius 3 is 1.68 bits per heavy atom. The van der Waals surface area contributed by atoms with E-state index < -0.39 is 0 Å². The van der Waals surface area contributed by atoms with Gasteiger partial charge in [-0.15, -0.1) is 0 Å². The average molecular weight is 674 g/mol. The maximum atomic E-state index is 2.42. The normalized spacial score (nSPS) is 11.4. The third-order valence-corrected chi connectivity index (χ3v) is 10.6. The molecule has 0 spiro atoms. The van der Waals surface area contributed by atoms with Gasteiger partial charge in [-0.2, -0.15) is 0 Å². The first-order chi connectivity index (χ1) is 26.3. The summed E-state index contributed by atoms with van der Waals surface area (Å²) in [6.07, 6.45) is 0. The second kappa shape index (κ2) is 13.0. The molecule has 1 nitrogen and oxygen atoms in total. The highest BCUT2D eigenvalue weighted by molar-refractivity contribution is 6.14. The molecule has 0 unspecified atom stereocenters. The molecule has 10 aromatic rings. The van der Waals surface area contributed by atoms with Gasteiger partial charge in [0.1, 0.15) is 0 Å². The standard InChI is InChI=1S/C52H35N/c1-2-15-39-33-42(28-27-36(39)13-1)48-22-9-10-26-52(48)53(43-31-29-38(30-32-43)46-25-12-17-37-14-3-5-20-45(37)46)44-19-11-18-40(34-44)51-35-41-16-4-6-21-47(41)49-23-7-8-24-50(49)51/h1-35H. The number of rotatable bonds is 6. The van der Waals surface area contributed by atoms with Crippen LogP contribution in [0.2, 0.25) is 0 Å². The van der Waals surface area contributed by atoms with Gasteiger partial charge in [0.2, 0.25) is 0 Å². The second-order valence-electron chi connectivity index (χ2n) is 13.7. The van der Waals surface area contributed by atoms with Gasteiger partial charge in [0.15, 0.2) is 0 Å². The third kappa shape index (κ3) is 5.51. The zero-order valence-corrected chi connectivity index (χ0v) is 29.2. The first-order valence-corrected chi connectivity index (χ1v) is 18.3. The van der Waals surface area contributed by atoms with Crippen LogP contribution in [0, 0.1) is 0 Å². The third-order valence-electron chi connectivity index (χ3n) is 10.6. The Kier molecular flexibility index (Phi) is 7.55. The van der Waals surface area contributed by atoms with Crippen molar-refractivity contribution in [1.82, 2.24) is 0 Å². The van der Waals surface area contributed by atoms with Crippen LogP contribution in [-0.2, 0) is 0 Å². The first kappa shape index (κ1) is 30.8. The highest BCUT2D eigenvalue weighted by atomic mass is 15.1. The van der Waals surface area contributed by atoms with Crippen LogP contribution in [0.1, 0.15) is 0 Å². The lowest BCUT2D eigenvalue weighted by Gasteiger charge is -2.28.